The van der Waals surface area contributed by atoms with Crippen LogP contribution in [0.4, 0.5) is 0 Å². The van der Waals surface area contributed by atoms with Crippen molar-refractivity contribution in [3.05, 3.63) is 18.1 Å². The average molecular weight is 244 g/mol. The van der Waals surface area contributed by atoms with Crippen LogP contribution in [0.3, 0.4) is 0 Å². The Labute approximate surface area is 109 Å². The molecule has 1 heterocycles. The van der Waals surface area contributed by atoms with Crippen LogP contribution in [0.25, 0.3) is 0 Å². The van der Waals surface area contributed by atoms with Crippen LogP contribution in [0.1, 0.15) is 44.7 Å². The molecule has 96 valence electrons. The molecule has 1 aliphatic rings. The van der Waals surface area contributed by atoms with Crippen molar-refractivity contribution in [1.29, 1.82) is 0 Å². The molecule has 0 bridgehead atoms. The van der Waals surface area contributed by atoms with Gasteiger partial charge in [-0.25, -0.2) is 9.97 Å². The summed E-state index contributed by atoms with van der Waals surface area (Å²) in [6.07, 6.45) is 9.44. The number of ether oxygens (including phenoxy) is 1. The first-order chi connectivity index (χ1) is 8.88. The Morgan fingerprint density at radius 1 is 1.28 bits per heavy atom. The molecule has 0 aliphatic heterocycles. The summed E-state index contributed by atoms with van der Waals surface area (Å²) in [7, 11) is 0. The number of hydrogen-bond donors (Lipinski definition) is 0. The Morgan fingerprint density at radius 2 is 2.11 bits per heavy atom. The monoisotopic (exact) mass is 244 g/mol. The van der Waals surface area contributed by atoms with E-state index >= 15 is 0 Å². The van der Waals surface area contributed by atoms with E-state index in [4.69, 9.17) is 4.74 Å². The van der Waals surface area contributed by atoms with E-state index in [2.05, 4.69) is 21.8 Å². The fourth-order valence-corrected chi connectivity index (χ4v) is 2.44. The third kappa shape index (κ3) is 4.03. The van der Waals surface area contributed by atoms with Crippen LogP contribution < -0.4 is 4.74 Å². The molecule has 3 heteroatoms. The fraction of sp³-hybridized carbons (Fsp3) is 0.600. The highest BCUT2D eigenvalue weighted by atomic mass is 16.5. The Balaban J connectivity index is 1.90. The van der Waals surface area contributed by atoms with E-state index in [9.17, 15) is 0 Å². The van der Waals surface area contributed by atoms with Gasteiger partial charge in [-0.3, -0.25) is 0 Å². The minimum atomic E-state index is 0.399. The second-order valence-electron chi connectivity index (χ2n) is 4.77. The van der Waals surface area contributed by atoms with Crippen molar-refractivity contribution in [2.75, 3.05) is 6.61 Å². The summed E-state index contributed by atoms with van der Waals surface area (Å²) in [5.74, 6) is 7.09. The van der Waals surface area contributed by atoms with Crippen LogP contribution in [-0.2, 0) is 6.42 Å². The molecule has 1 fully saturated rings. The first kappa shape index (κ1) is 12.9. The molecule has 0 N–H and O–H groups in total. The molecule has 0 atom stereocenters. The SMILES string of the molecule is CC#CCOc1cc(CC2CCCCC2)ncn1. The highest BCUT2D eigenvalue weighted by Crippen LogP contribution is 2.26. The molecule has 0 spiro atoms. The van der Waals surface area contributed by atoms with Crippen LogP contribution in [-0.4, -0.2) is 16.6 Å². The molecular weight excluding hydrogens is 224 g/mol. The molecule has 1 saturated carbocycles. The molecule has 2 rings (SSSR count). The van der Waals surface area contributed by atoms with Gasteiger partial charge in [0.15, 0.2) is 6.61 Å². The topological polar surface area (TPSA) is 35.0 Å². The summed E-state index contributed by atoms with van der Waals surface area (Å²) in [6, 6.07) is 1.95. The first-order valence-electron chi connectivity index (χ1n) is 6.72. The molecular formula is C15H20N2O. The van der Waals surface area contributed by atoms with E-state index < -0.39 is 0 Å². The lowest BCUT2D eigenvalue weighted by atomic mass is 9.86. The molecule has 0 saturated heterocycles. The fourth-order valence-electron chi connectivity index (χ4n) is 2.44. The van der Waals surface area contributed by atoms with Crippen molar-refractivity contribution in [3.63, 3.8) is 0 Å². The van der Waals surface area contributed by atoms with Crippen molar-refractivity contribution >= 4 is 0 Å². The minimum absolute atomic E-state index is 0.399. The number of nitrogens with zero attached hydrogens (tertiary/aromatic N) is 2. The van der Waals surface area contributed by atoms with Crippen molar-refractivity contribution in [2.45, 2.75) is 45.4 Å². The maximum absolute atomic E-state index is 5.45. The molecule has 0 unspecified atom stereocenters. The van der Waals surface area contributed by atoms with Crippen LogP contribution >= 0.6 is 0 Å². The Bertz CT molecular complexity index is 428. The smallest absolute Gasteiger partial charge is 0.217 e. The lowest BCUT2D eigenvalue weighted by Gasteiger charge is -2.20. The third-order valence-corrected chi connectivity index (χ3v) is 3.39. The van der Waals surface area contributed by atoms with E-state index in [0.717, 1.165) is 18.0 Å². The second-order valence-corrected chi connectivity index (χ2v) is 4.77. The van der Waals surface area contributed by atoms with Gasteiger partial charge in [-0.1, -0.05) is 38.0 Å². The Kier molecular flexibility index (Phi) is 5.01. The van der Waals surface area contributed by atoms with Gasteiger partial charge in [-0.05, 0) is 19.3 Å². The number of rotatable bonds is 4. The van der Waals surface area contributed by atoms with Gasteiger partial charge < -0.3 is 4.74 Å². The maximum atomic E-state index is 5.45. The van der Waals surface area contributed by atoms with Gasteiger partial charge in [0.25, 0.3) is 0 Å². The largest absolute Gasteiger partial charge is 0.464 e. The van der Waals surface area contributed by atoms with E-state index in [-0.39, 0.29) is 0 Å². The van der Waals surface area contributed by atoms with Crippen LogP contribution in [0.5, 0.6) is 5.88 Å². The summed E-state index contributed by atoms with van der Waals surface area (Å²) in [5.41, 5.74) is 1.09. The first-order valence-corrected chi connectivity index (χ1v) is 6.72. The highest BCUT2D eigenvalue weighted by molar-refractivity contribution is 5.15. The molecule has 1 aliphatic carbocycles. The van der Waals surface area contributed by atoms with Gasteiger partial charge in [-0.15, -0.1) is 5.92 Å². The van der Waals surface area contributed by atoms with Gasteiger partial charge in [0.2, 0.25) is 5.88 Å². The molecule has 0 aromatic carbocycles. The van der Waals surface area contributed by atoms with E-state index in [1.54, 1.807) is 13.3 Å². The van der Waals surface area contributed by atoms with Crippen LogP contribution in [0, 0.1) is 17.8 Å². The van der Waals surface area contributed by atoms with Crippen molar-refractivity contribution in [1.82, 2.24) is 9.97 Å². The number of aromatic nitrogens is 2. The summed E-state index contributed by atoms with van der Waals surface area (Å²) < 4.78 is 5.45. The van der Waals surface area contributed by atoms with Gasteiger partial charge in [-0.2, -0.15) is 0 Å². The van der Waals surface area contributed by atoms with Crippen molar-refractivity contribution in [3.8, 4) is 17.7 Å². The molecule has 0 radical (unpaired) electrons. The normalized spacial score (nSPS) is 15.8. The molecule has 1 aromatic heterocycles. The zero-order valence-electron chi connectivity index (χ0n) is 11.0. The molecule has 0 amide bonds. The maximum Gasteiger partial charge on any atom is 0.217 e. The highest BCUT2D eigenvalue weighted by Gasteiger charge is 2.14. The lowest BCUT2D eigenvalue weighted by Crippen LogP contribution is -2.10. The number of hydrogen-bond acceptors (Lipinski definition) is 3. The van der Waals surface area contributed by atoms with Gasteiger partial charge in [0.05, 0.1) is 0 Å². The van der Waals surface area contributed by atoms with E-state index in [0.29, 0.717) is 12.5 Å². The zero-order valence-corrected chi connectivity index (χ0v) is 11.0. The van der Waals surface area contributed by atoms with Crippen molar-refractivity contribution < 1.29 is 4.74 Å². The summed E-state index contributed by atoms with van der Waals surface area (Å²) in [4.78, 5) is 8.44. The third-order valence-electron chi connectivity index (χ3n) is 3.39. The van der Waals surface area contributed by atoms with Crippen molar-refractivity contribution in [2.24, 2.45) is 5.92 Å². The summed E-state index contributed by atoms with van der Waals surface area (Å²) in [5, 5.41) is 0. The molecule has 18 heavy (non-hydrogen) atoms. The Hall–Kier alpha value is -1.56. The minimum Gasteiger partial charge on any atom is -0.464 e. The quantitative estimate of drug-likeness (QED) is 0.764. The van der Waals surface area contributed by atoms with Crippen LogP contribution in [0.15, 0.2) is 12.4 Å². The molecule has 1 aromatic rings. The van der Waals surface area contributed by atoms with E-state index in [1.807, 2.05) is 6.07 Å². The molecule has 3 nitrogen and oxygen atoms in total. The average Bonchev–Trinajstić information content (AvgIpc) is 2.41. The van der Waals surface area contributed by atoms with E-state index in [1.165, 1.54) is 32.1 Å². The van der Waals surface area contributed by atoms with Gasteiger partial charge in [0, 0.05) is 11.8 Å². The zero-order chi connectivity index (χ0) is 12.6. The van der Waals surface area contributed by atoms with Crippen LogP contribution in [0.2, 0.25) is 0 Å². The van der Waals surface area contributed by atoms with Gasteiger partial charge in [0.1, 0.15) is 6.33 Å². The summed E-state index contributed by atoms with van der Waals surface area (Å²) in [6.45, 7) is 2.20. The van der Waals surface area contributed by atoms with Gasteiger partial charge >= 0.3 is 0 Å². The standard InChI is InChI=1S/C15H20N2O/c1-2-3-9-18-15-11-14(16-12-17-15)10-13-7-5-4-6-8-13/h11-13H,4-10H2,1H3. The summed E-state index contributed by atoms with van der Waals surface area (Å²) >= 11 is 0. The Morgan fingerprint density at radius 3 is 2.89 bits per heavy atom. The predicted molar refractivity (Wildman–Crippen MR) is 71.3 cm³/mol. The lowest BCUT2D eigenvalue weighted by molar-refractivity contribution is 0.344. The second kappa shape index (κ2) is 7.00. The predicted octanol–water partition coefficient (Wildman–Crippen LogP) is 3.00.